The van der Waals surface area contributed by atoms with E-state index in [1.165, 1.54) is 25.7 Å². The SMILES string of the molecule is COc1ccc(C#N)c(N(C)C2CCC(C)(C)CC2)c1. The standard InChI is InChI=1S/C17H24N2O/c1-17(2)9-7-14(8-10-17)19(3)16-11-15(20-4)6-5-13(16)12-18/h5-6,11,14H,7-10H2,1-4H3. The van der Waals surface area contributed by atoms with Crippen molar-refractivity contribution in [2.75, 3.05) is 19.1 Å². The number of nitriles is 1. The lowest BCUT2D eigenvalue weighted by Crippen LogP contribution is -2.37. The van der Waals surface area contributed by atoms with Crippen LogP contribution < -0.4 is 9.64 Å². The first kappa shape index (κ1) is 14.7. The normalized spacial score (nSPS) is 18.4. The van der Waals surface area contributed by atoms with Gasteiger partial charge in [-0.1, -0.05) is 13.8 Å². The second kappa shape index (κ2) is 5.75. The lowest BCUT2D eigenvalue weighted by Gasteiger charge is -2.39. The molecule has 0 N–H and O–H groups in total. The van der Waals surface area contributed by atoms with E-state index in [1.807, 2.05) is 18.2 Å². The number of methoxy groups -OCH3 is 1. The predicted octanol–water partition coefficient (Wildman–Crippen LogP) is 3.97. The first-order valence-corrected chi connectivity index (χ1v) is 7.28. The van der Waals surface area contributed by atoms with Gasteiger partial charge in [0.05, 0.1) is 18.4 Å². The molecule has 1 aromatic rings. The fourth-order valence-corrected chi connectivity index (χ4v) is 2.99. The highest BCUT2D eigenvalue weighted by Gasteiger charge is 2.29. The molecule has 0 aromatic heterocycles. The minimum atomic E-state index is 0.462. The molecule has 2 rings (SSSR count). The highest BCUT2D eigenvalue weighted by Crippen LogP contribution is 2.38. The Kier molecular flexibility index (Phi) is 4.23. The molecule has 1 fully saturated rings. The van der Waals surface area contributed by atoms with Crippen molar-refractivity contribution >= 4 is 5.69 Å². The number of benzene rings is 1. The van der Waals surface area contributed by atoms with Crippen molar-refractivity contribution < 1.29 is 4.74 Å². The molecule has 0 aliphatic heterocycles. The smallest absolute Gasteiger partial charge is 0.121 e. The van der Waals surface area contributed by atoms with Gasteiger partial charge >= 0.3 is 0 Å². The number of hydrogen-bond donors (Lipinski definition) is 0. The lowest BCUT2D eigenvalue weighted by molar-refractivity contribution is 0.222. The van der Waals surface area contributed by atoms with Crippen molar-refractivity contribution in [3.8, 4) is 11.8 Å². The van der Waals surface area contributed by atoms with Gasteiger partial charge in [0.2, 0.25) is 0 Å². The van der Waals surface area contributed by atoms with E-state index in [4.69, 9.17) is 4.74 Å². The van der Waals surface area contributed by atoms with Crippen molar-refractivity contribution in [1.82, 2.24) is 0 Å². The monoisotopic (exact) mass is 272 g/mol. The number of anilines is 1. The molecule has 1 aliphatic rings. The first-order valence-electron chi connectivity index (χ1n) is 7.28. The minimum absolute atomic E-state index is 0.462. The summed E-state index contributed by atoms with van der Waals surface area (Å²) in [6, 6.07) is 8.46. The molecule has 0 bridgehead atoms. The van der Waals surface area contributed by atoms with Crippen molar-refractivity contribution in [1.29, 1.82) is 5.26 Å². The van der Waals surface area contributed by atoms with Gasteiger partial charge in [0.15, 0.2) is 0 Å². The summed E-state index contributed by atoms with van der Waals surface area (Å²) in [4.78, 5) is 2.26. The molecule has 0 spiro atoms. The van der Waals surface area contributed by atoms with E-state index in [0.29, 0.717) is 11.5 Å². The maximum Gasteiger partial charge on any atom is 0.121 e. The van der Waals surface area contributed by atoms with Crippen LogP contribution >= 0.6 is 0 Å². The Hall–Kier alpha value is -1.69. The van der Waals surface area contributed by atoms with Crippen molar-refractivity contribution in [2.45, 2.75) is 45.6 Å². The van der Waals surface area contributed by atoms with Crippen LogP contribution in [0.2, 0.25) is 0 Å². The van der Waals surface area contributed by atoms with Gasteiger partial charge in [-0.05, 0) is 43.2 Å². The second-order valence-corrected chi connectivity index (χ2v) is 6.50. The van der Waals surface area contributed by atoms with Crippen molar-refractivity contribution in [2.24, 2.45) is 5.41 Å². The quantitative estimate of drug-likeness (QED) is 0.835. The molecule has 108 valence electrons. The van der Waals surface area contributed by atoms with Crippen LogP contribution in [0.3, 0.4) is 0 Å². The maximum absolute atomic E-state index is 9.29. The summed E-state index contributed by atoms with van der Waals surface area (Å²) in [5.74, 6) is 0.807. The van der Waals surface area contributed by atoms with Crippen molar-refractivity contribution in [3.05, 3.63) is 23.8 Å². The van der Waals surface area contributed by atoms with E-state index < -0.39 is 0 Å². The molecule has 1 aromatic carbocycles. The third-order valence-electron chi connectivity index (χ3n) is 4.56. The Morgan fingerprint density at radius 1 is 1.30 bits per heavy atom. The molecule has 1 saturated carbocycles. The number of ether oxygens (including phenoxy) is 1. The fourth-order valence-electron chi connectivity index (χ4n) is 2.99. The Balaban J connectivity index is 2.21. The van der Waals surface area contributed by atoms with Crippen LogP contribution in [0.4, 0.5) is 5.69 Å². The van der Waals surface area contributed by atoms with Crippen LogP contribution in [0.5, 0.6) is 5.75 Å². The van der Waals surface area contributed by atoms with Crippen LogP contribution in [-0.2, 0) is 0 Å². The Morgan fingerprint density at radius 3 is 2.50 bits per heavy atom. The molecule has 0 radical (unpaired) electrons. The molecule has 1 aliphatic carbocycles. The van der Waals surface area contributed by atoms with Gasteiger partial charge in [0.1, 0.15) is 11.8 Å². The molecule has 0 saturated heterocycles. The van der Waals surface area contributed by atoms with E-state index in [9.17, 15) is 5.26 Å². The Morgan fingerprint density at radius 2 is 1.95 bits per heavy atom. The molecule has 20 heavy (non-hydrogen) atoms. The number of rotatable bonds is 3. The molecule has 0 atom stereocenters. The largest absolute Gasteiger partial charge is 0.497 e. The van der Waals surface area contributed by atoms with Gasteiger partial charge in [0.25, 0.3) is 0 Å². The maximum atomic E-state index is 9.29. The topological polar surface area (TPSA) is 36.3 Å². The Bertz CT molecular complexity index is 506. The van der Waals surface area contributed by atoms with E-state index in [2.05, 4.69) is 31.9 Å². The summed E-state index contributed by atoms with van der Waals surface area (Å²) in [6.45, 7) is 4.69. The van der Waals surface area contributed by atoms with E-state index in [-0.39, 0.29) is 0 Å². The molecule has 3 nitrogen and oxygen atoms in total. The van der Waals surface area contributed by atoms with Gasteiger partial charge in [0, 0.05) is 19.2 Å². The zero-order valence-corrected chi connectivity index (χ0v) is 12.9. The summed E-state index contributed by atoms with van der Waals surface area (Å²) in [6.07, 6.45) is 4.86. The number of hydrogen-bond acceptors (Lipinski definition) is 3. The second-order valence-electron chi connectivity index (χ2n) is 6.50. The van der Waals surface area contributed by atoms with Gasteiger partial charge in [-0.25, -0.2) is 0 Å². The van der Waals surface area contributed by atoms with Crippen molar-refractivity contribution in [3.63, 3.8) is 0 Å². The summed E-state index contributed by atoms with van der Waals surface area (Å²) in [5.41, 5.74) is 2.17. The third-order valence-corrected chi connectivity index (χ3v) is 4.56. The highest BCUT2D eigenvalue weighted by molar-refractivity contribution is 5.62. The van der Waals surface area contributed by atoms with E-state index in [0.717, 1.165) is 17.0 Å². The third kappa shape index (κ3) is 3.07. The molecular formula is C17H24N2O. The molecule has 0 heterocycles. The molecule has 3 heteroatoms. The fraction of sp³-hybridized carbons (Fsp3) is 0.588. The van der Waals surface area contributed by atoms with Crippen LogP contribution in [-0.4, -0.2) is 20.2 Å². The van der Waals surface area contributed by atoms with Crippen LogP contribution in [0.15, 0.2) is 18.2 Å². The van der Waals surface area contributed by atoms with E-state index >= 15 is 0 Å². The molecule has 0 unspecified atom stereocenters. The van der Waals surface area contributed by atoms with Gasteiger partial charge in [-0.3, -0.25) is 0 Å². The van der Waals surface area contributed by atoms with Gasteiger partial charge in [-0.15, -0.1) is 0 Å². The average Bonchev–Trinajstić information content (AvgIpc) is 2.45. The van der Waals surface area contributed by atoms with E-state index in [1.54, 1.807) is 7.11 Å². The summed E-state index contributed by atoms with van der Waals surface area (Å²) in [7, 11) is 3.76. The van der Waals surface area contributed by atoms with Crippen LogP contribution in [0.1, 0.15) is 45.1 Å². The molecule has 0 amide bonds. The predicted molar refractivity (Wildman–Crippen MR) is 82.1 cm³/mol. The van der Waals surface area contributed by atoms with Crippen LogP contribution in [0, 0.1) is 16.7 Å². The zero-order chi connectivity index (χ0) is 14.8. The molecular weight excluding hydrogens is 248 g/mol. The summed E-state index contributed by atoms with van der Waals surface area (Å²) < 4.78 is 5.29. The minimum Gasteiger partial charge on any atom is -0.497 e. The highest BCUT2D eigenvalue weighted by atomic mass is 16.5. The first-order chi connectivity index (χ1) is 9.46. The Labute approximate surface area is 122 Å². The summed E-state index contributed by atoms with van der Waals surface area (Å²) >= 11 is 0. The number of nitrogens with zero attached hydrogens (tertiary/aromatic N) is 2. The van der Waals surface area contributed by atoms with Gasteiger partial charge < -0.3 is 9.64 Å². The van der Waals surface area contributed by atoms with Gasteiger partial charge in [-0.2, -0.15) is 5.26 Å². The lowest BCUT2D eigenvalue weighted by atomic mass is 9.75. The average molecular weight is 272 g/mol. The summed E-state index contributed by atoms with van der Waals surface area (Å²) in [5, 5.41) is 9.29. The zero-order valence-electron chi connectivity index (χ0n) is 12.9. The van der Waals surface area contributed by atoms with Crippen LogP contribution in [0.25, 0.3) is 0 Å².